The zero-order valence-corrected chi connectivity index (χ0v) is 20.4. The first-order valence-electron chi connectivity index (χ1n) is 12.4. The van der Waals surface area contributed by atoms with Crippen LogP contribution in [-0.2, 0) is 14.3 Å². The molecule has 0 radical (unpaired) electrons. The minimum atomic E-state index is -0.985. The molecule has 2 unspecified atom stereocenters. The maximum Gasteiger partial charge on any atom is 0.408 e. The Morgan fingerprint density at radius 3 is 2.21 bits per heavy atom. The number of ether oxygens (including phenoxy) is 1. The predicted octanol–water partition coefficient (Wildman–Crippen LogP) is 2.78. The molecule has 0 aromatic carbocycles. The molecule has 1 heterocycles. The van der Waals surface area contributed by atoms with Crippen LogP contribution in [0.5, 0.6) is 0 Å². The standard InChI is InChI=1S/C25H38N2O6/c1-22(2,3)33-21(31)26-18(24-7-13-6-14(8-24)10-25(32,9-13)12-24)19(28)27-11-15-16(23(15,4)5)17(27)20(29)30/h13-18,32H,6-12H2,1-5H3,(H,26,31)(H,29,30)/t13-,14+,15-,16-,17-,18+,24?,25?/m0/s1. The first-order valence-corrected chi connectivity index (χ1v) is 12.4. The van der Waals surface area contributed by atoms with Crippen LogP contribution in [0.3, 0.4) is 0 Å². The molecule has 3 N–H and O–H groups in total. The number of piperidine rings is 1. The molecule has 1 aliphatic heterocycles. The van der Waals surface area contributed by atoms with Crippen molar-refractivity contribution < 1.29 is 29.3 Å². The van der Waals surface area contributed by atoms with E-state index in [0.29, 0.717) is 24.8 Å². The number of amides is 2. The van der Waals surface area contributed by atoms with Gasteiger partial charge in [0.05, 0.1) is 5.60 Å². The van der Waals surface area contributed by atoms with E-state index in [-0.39, 0.29) is 23.2 Å². The van der Waals surface area contributed by atoms with Crippen LogP contribution in [0.25, 0.3) is 0 Å². The molecule has 5 aliphatic carbocycles. The molecule has 6 aliphatic rings. The van der Waals surface area contributed by atoms with E-state index >= 15 is 0 Å². The number of carboxylic acid groups (broad SMARTS) is 1. The average Bonchev–Trinajstić information content (AvgIpc) is 2.97. The number of fused-ring (bicyclic) bond motifs is 1. The molecule has 8 heteroatoms. The largest absolute Gasteiger partial charge is 0.480 e. The first-order chi connectivity index (χ1) is 15.1. The van der Waals surface area contributed by atoms with E-state index < -0.39 is 40.8 Å². The molecule has 184 valence electrons. The predicted molar refractivity (Wildman–Crippen MR) is 119 cm³/mol. The van der Waals surface area contributed by atoms with Gasteiger partial charge in [0.15, 0.2) is 0 Å². The normalized spacial score (nSPS) is 43.1. The van der Waals surface area contributed by atoms with Crippen LogP contribution >= 0.6 is 0 Å². The topological polar surface area (TPSA) is 116 Å². The van der Waals surface area contributed by atoms with Gasteiger partial charge >= 0.3 is 12.1 Å². The molecule has 8 nitrogen and oxygen atoms in total. The van der Waals surface area contributed by atoms with E-state index in [4.69, 9.17) is 4.74 Å². The third kappa shape index (κ3) is 3.63. The van der Waals surface area contributed by atoms with Gasteiger partial charge in [-0.25, -0.2) is 9.59 Å². The Labute approximate surface area is 195 Å². The van der Waals surface area contributed by atoms with E-state index in [1.807, 2.05) is 0 Å². The number of aliphatic carboxylic acids is 1. The number of rotatable bonds is 4. The molecular weight excluding hydrogens is 424 g/mol. The zero-order chi connectivity index (χ0) is 24.1. The van der Waals surface area contributed by atoms with Crippen LogP contribution in [0, 0.1) is 34.5 Å². The van der Waals surface area contributed by atoms with Crippen molar-refractivity contribution >= 4 is 18.0 Å². The second kappa shape index (κ2) is 6.86. The van der Waals surface area contributed by atoms with E-state index in [9.17, 15) is 24.6 Å². The van der Waals surface area contributed by atoms with E-state index in [0.717, 1.165) is 32.1 Å². The number of carboxylic acids is 1. The summed E-state index contributed by atoms with van der Waals surface area (Å²) in [7, 11) is 0. The molecule has 0 aromatic heterocycles. The fourth-order valence-corrected chi connectivity index (χ4v) is 8.49. The van der Waals surface area contributed by atoms with Gasteiger partial charge in [0.25, 0.3) is 0 Å². The quantitative estimate of drug-likeness (QED) is 0.592. The highest BCUT2D eigenvalue weighted by Crippen LogP contribution is 2.66. The molecule has 1 saturated heterocycles. The first kappa shape index (κ1) is 22.9. The highest BCUT2D eigenvalue weighted by Gasteiger charge is 2.71. The highest BCUT2D eigenvalue weighted by molar-refractivity contribution is 5.91. The molecule has 0 spiro atoms. The zero-order valence-electron chi connectivity index (χ0n) is 20.4. The second-order valence-corrected chi connectivity index (χ2v) is 13.4. The molecular formula is C25H38N2O6. The van der Waals surface area contributed by atoms with Crippen molar-refractivity contribution in [1.29, 1.82) is 0 Å². The Kier molecular flexibility index (Phi) is 4.77. The maximum atomic E-state index is 14.1. The minimum Gasteiger partial charge on any atom is -0.480 e. The number of nitrogens with one attached hydrogen (secondary N) is 1. The Bertz CT molecular complexity index is 878. The minimum absolute atomic E-state index is 0.0679. The Hall–Kier alpha value is -1.83. The summed E-state index contributed by atoms with van der Waals surface area (Å²) in [5.41, 5.74) is -2.19. The van der Waals surface area contributed by atoms with Crippen molar-refractivity contribution in [3.63, 3.8) is 0 Å². The molecule has 2 amide bonds. The van der Waals surface area contributed by atoms with Crippen molar-refractivity contribution in [3.05, 3.63) is 0 Å². The van der Waals surface area contributed by atoms with Gasteiger partial charge in [0.2, 0.25) is 5.91 Å². The summed E-state index contributed by atoms with van der Waals surface area (Å²) in [6, 6.07) is -1.77. The molecule has 6 fully saturated rings. The third-order valence-electron chi connectivity index (χ3n) is 9.34. The molecule has 4 bridgehead atoms. The summed E-state index contributed by atoms with van der Waals surface area (Å²) in [5, 5.41) is 24.2. The Morgan fingerprint density at radius 2 is 1.70 bits per heavy atom. The number of carbonyl (C=O) groups is 3. The Balaban J connectivity index is 1.47. The third-order valence-corrected chi connectivity index (χ3v) is 9.34. The number of aliphatic hydroxyl groups is 1. The number of hydrogen-bond donors (Lipinski definition) is 3. The van der Waals surface area contributed by atoms with Crippen LogP contribution in [-0.4, -0.2) is 62.9 Å². The summed E-state index contributed by atoms with van der Waals surface area (Å²) in [5.74, 6) is -0.573. The number of alkyl carbamates (subject to hydrolysis) is 1. The van der Waals surface area contributed by atoms with Gasteiger partial charge < -0.3 is 25.2 Å². The average molecular weight is 463 g/mol. The fourth-order valence-electron chi connectivity index (χ4n) is 8.49. The van der Waals surface area contributed by atoms with Crippen LogP contribution in [0.15, 0.2) is 0 Å². The lowest BCUT2D eigenvalue weighted by atomic mass is 9.46. The van der Waals surface area contributed by atoms with Crippen LogP contribution in [0.1, 0.15) is 73.1 Å². The molecule has 6 rings (SSSR count). The number of likely N-dealkylation sites (tertiary alicyclic amines) is 1. The SMILES string of the molecule is CC(C)(C)OC(=O)N[C@H](C(=O)N1C[C@H]2[C@@H]([C@H]1C(=O)O)C2(C)C)C12C[C@@H]3C[C@@H](CC(O)(C3)C1)C2. The lowest BCUT2D eigenvalue weighted by molar-refractivity contribution is -0.181. The van der Waals surface area contributed by atoms with Crippen LogP contribution in [0.4, 0.5) is 4.79 Å². The van der Waals surface area contributed by atoms with E-state index in [2.05, 4.69) is 19.2 Å². The van der Waals surface area contributed by atoms with Gasteiger partial charge in [-0.2, -0.15) is 0 Å². The van der Waals surface area contributed by atoms with Gasteiger partial charge in [-0.3, -0.25) is 4.79 Å². The van der Waals surface area contributed by atoms with Gasteiger partial charge in [0, 0.05) is 17.9 Å². The number of nitrogens with zero attached hydrogens (tertiary/aromatic N) is 1. The summed E-state index contributed by atoms with van der Waals surface area (Å²) in [6.45, 7) is 9.83. The van der Waals surface area contributed by atoms with E-state index in [1.54, 1.807) is 20.8 Å². The monoisotopic (exact) mass is 462 g/mol. The highest BCUT2D eigenvalue weighted by atomic mass is 16.6. The molecule has 0 aromatic rings. The van der Waals surface area contributed by atoms with Gasteiger partial charge in [-0.15, -0.1) is 0 Å². The van der Waals surface area contributed by atoms with Gasteiger partial charge in [0.1, 0.15) is 17.7 Å². The maximum absolute atomic E-state index is 14.1. The van der Waals surface area contributed by atoms with Crippen molar-refractivity contribution in [1.82, 2.24) is 10.2 Å². The lowest BCUT2D eigenvalue weighted by Gasteiger charge is -2.62. The second-order valence-electron chi connectivity index (χ2n) is 13.4. The summed E-state index contributed by atoms with van der Waals surface area (Å²) in [6.07, 6.45) is 3.88. The van der Waals surface area contributed by atoms with Crippen molar-refractivity contribution in [2.24, 2.45) is 34.5 Å². The Morgan fingerprint density at radius 1 is 1.09 bits per heavy atom. The van der Waals surface area contributed by atoms with Crippen molar-refractivity contribution in [2.75, 3.05) is 6.54 Å². The molecule has 33 heavy (non-hydrogen) atoms. The number of carbonyl (C=O) groups excluding carboxylic acids is 2. The van der Waals surface area contributed by atoms with Crippen LogP contribution in [0.2, 0.25) is 0 Å². The van der Waals surface area contributed by atoms with Gasteiger partial charge in [-0.05, 0) is 82.5 Å². The van der Waals surface area contributed by atoms with Gasteiger partial charge in [-0.1, -0.05) is 13.8 Å². The smallest absolute Gasteiger partial charge is 0.408 e. The lowest BCUT2D eigenvalue weighted by Crippen LogP contribution is -2.67. The summed E-state index contributed by atoms with van der Waals surface area (Å²) < 4.78 is 5.51. The van der Waals surface area contributed by atoms with Crippen LogP contribution < -0.4 is 5.32 Å². The molecule has 5 saturated carbocycles. The van der Waals surface area contributed by atoms with E-state index in [1.165, 1.54) is 4.90 Å². The molecule has 8 atom stereocenters. The summed E-state index contributed by atoms with van der Waals surface area (Å²) in [4.78, 5) is 40.7. The number of hydrogen-bond acceptors (Lipinski definition) is 5. The van der Waals surface area contributed by atoms with Crippen molar-refractivity contribution in [2.45, 2.75) is 96.4 Å². The fraction of sp³-hybridized carbons (Fsp3) is 0.880. The summed E-state index contributed by atoms with van der Waals surface area (Å²) >= 11 is 0. The van der Waals surface area contributed by atoms with Crippen molar-refractivity contribution in [3.8, 4) is 0 Å².